The molecule has 138 valence electrons. The lowest BCUT2D eigenvalue weighted by Crippen LogP contribution is -2.32. The summed E-state index contributed by atoms with van der Waals surface area (Å²) in [5.41, 5.74) is 1.45. The van der Waals surface area contributed by atoms with Gasteiger partial charge in [-0.1, -0.05) is 0 Å². The van der Waals surface area contributed by atoms with Gasteiger partial charge in [0.05, 0.1) is 17.3 Å². The van der Waals surface area contributed by atoms with E-state index in [1.165, 1.54) is 0 Å². The lowest BCUT2D eigenvalue weighted by atomic mass is 10.2. The summed E-state index contributed by atoms with van der Waals surface area (Å²) in [6.07, 6.45) is 6.76. The Bertz CT molecular complexity index is 760. The first kappa shape index (κ1) is 18.2. The number of likely N-dealkylation sites (tertiary alicyclic amines) is 1. The van der Waals surface area contributed by atoms with Crippen molar-refractivity contribution in [3.63, 3.8) is 0 Å². The summed E-state index contributed by atoms with van der Waals surface area (Å²) in [7, 11) is 7.74. The third kappa shape index (κ3) is 3.96. The van der Waals surface area contributed by atoms with Crippen molar-refractivity contribution < 1.29 is 4.79 Å². The maximum Gasteiger partial charge on any atom is 0.257 e. The predicted molar refractivity (Wildman–Crippen MR) is 98.8 cm³/mol. The number of carbonyl (C=O) groups excluding carboxylic acids is 1. The number of anilines is 1. The molecule has 1 fully saturated rings. The van der Waals surface area contributed by atoms with E-state index in [-0.39, 0.29) is 11.9 Å². The third-order valence-electron chi connectivity index (χ3n) is 4.31. The minimum Gasteiger partial charge on any atom is -0.347 e. The van der Waals surface area contributed by atoms with Crippen LogP contribution in [0, 0.1) is 0 Å². The van der Waals surface area contributed by atoms with Crippen molar-refractivity contribution in [2.45, 2.75) is 25.4 Å². The molecule has 0 aromatic carbocycles. The molecule has 1 saturated heterocycles. The van der Waals surface area contributed by atoms with Gasteiger partial charge < -0.3 is 14.7 Å². The van der Waals surface area contributed by atoms with Crippen LogP contribution >= 0.6 is 0 Å². The summed E-state index contributed by atoms with van der Waals surface area (Å²) in [5, 5.41) is 0. The second-order valence-corrected chi connectivity index (χ2v) is 6.97. The Balaban J connectivity index is 1.80. The second kappa shape index (κ2) is 7.74. The van der Waals surface area contributed by atoms with Gasteiger partial charge in [-0.15, -0.1) is 0 Å². The largest absolute Gasteiger partial charge is 0.347 e. The smallest absolute Gasteiger partial charge is 0.257 e. The Morgan fingerprint density at radius 3 is 2.58 bits per heavy atom. The van der Waals surface area contributed by atoms with Gasteiger partial charge in [0.2, 0.25) is 5.95 Å². The monoisotopic (exact) mass is 355 g/mol. The molecule has 0 unspecified atom stereocenters. The number of aromatic nitrogens is 4. The third-order valence-corrected chi connectivity index (χ3v) is 4.31. The molecule has 0 radical (unpaired) electrons. The van der Waals surface area contributed by atoms with E-state index < -0.39 is 0 Å². The SMILES string of the molecule is CN(C)Cc1ccnc([C@H]2CCCN2C(=O)c2cnc(N(C)C)nc2)n1. The van der Waals surface area contributed by atoms with E-state index in [0.717, 1.165) is 25.1 Å². The molecule has 1 amide bonds. The van der Waals surface area contributed by atoms with E-state index in [2.05, 4.69) is 24.8 Å². The number of amides is 1. The molecule has 3 heterocycles. The molecule has 0 spiro atoms. The van der Waals surface area contributed by atoms with Gasteiger partial charge in [-0.05, 0) is 33.0 Å². The Morgan fingerprint density at radius 2 is 1.92 bits per heavy atom. The lowest BCUT2D eigenvalue weighted by Gasteiger charge is -2.24. The normalized spacial score (nSPS) is 17.0. The average molecular weight is 355 g/mol. The van der Waals surface area contributed by atoms with Gasteiger partial charge in [0.25, 0.3) is 5.91 Å². The van der Waals surface area contributed by atoms with E-state index in [9.17, 15) is 4.79 Å². The Hall–Kier alpha value is -2.61. The fourth-order valence-electron chi connectivity index (χ4n) is 3.09. The second-order valence-electron chi connectivity index (χ2n) is 6.97. The molecule has 3 rings (SSSR count). The summed E-state index contributed by atoms with van der Waals surface area (Å²) in [6, 6.07) is 1.82. The number of rotatable bonds is 5. The predicted octanol–water partition coefficient (Wildman–Crippen LogP) is 1.37. The van der Waals surface area contributed by atoms with Crippen molar-refractivity contribution in [1.82, 2.24) is 29.7 Å². The number of carbonyl (C=O) groups is 1. The minimum absolute atomic E-state index is 0.0700. The Kier molecular flexibility index (Phi) is 5.41. The first-order chi connectivity index (χ1) is 12.5. The summed E-state index contributed by atoms with van der Waals surface area (Å²) in [4.78, 5) is 36.2. The zero-order valence-electron chi connectivity index (χ0n) is 15.8. The van der Waals surface area contributed by atoms with Gasteiger partial charge in [-0.25, -0.2) is 19.9 Å². The molecular weight excluding hydrogens is 330 g/mol. The van der Waals surface area contributed by atoms with Crippen LogP contribution in [0.25, 0.3) is 0 Å². The molecular formula is C18H25N7O. The average Bonchev–Trinajstić information content (AvgIpc) is 3.10. The summed E-state index contributed by atoms with van der Waals surface area (Å²) in [5.74, 6) is 1.22. The van der Waals surface area contributed by atoms with Crippen LogP contribution in [-0.2, 0) is 6.54 Å². The van der Waals surface area contributed by atoms with E-state index in [1.54, 1.807) is 23.5 Å². The minimum atomic E-state index is -0.0989. The van der Waals surface area contributed by atoms with Gasteiger partial charge in [0.15, 0.2) is 5.82 Å². The lowest BCUT2D eigenvalue weighted by molar-refractivity contribution is 0.0728. The van der Waals surface area contributed by atoms with Crippen LogP contribution in [0.3, 0.4) is 0 Å². The summed E-state index contributed by atoms with van der Waals surface area (Å²) >= 11 is 0. The molecule has 1 aliphatic heterocycles. The van der Waals surface area contributed by atoms with Crippen molar-refractivity contribution >= 4 is 11.9 Å². The summed E-state index contributed by atoms with van der Waals surface area (Å²) < 4.78 is 0. The van der Waals surface area contributed by atoms with E-state index in [1.807, 2.05) is 39.2 Å². The highest BCUT2D eigenvalue weighted by Crippen LogP contribution is 2.31. The van der Waals surface area contributed by atoms with Gasteiger partial charge in [0.1, 0.15) is 0 Å². The maximum atomic E-state index is 12.9. The molecule has 0 saturated carbocycles. The molecule has 1 aliphatic rings. The van der Waals surface area contributed by atoms with Crippen LogP contribution in [0.4, 0.5) is 5.95 Å². The highest BCUT2D eigenvalue weighted by atomic mass is 16.2. The fraction of sp³-hybridized carbons (Fsp3) is 0.500. The molecule has 26 heavy (non-hydrogen) atoms. The van der Waals surface area contributed by atoms with E-state index in [4.69, 9.17) is 0 Å². The van der Waals surface area contributed by atoms with Gasteiger partial charge in [0, 0.05) is 45.8 Å². The molecule has 8 heteroatoms. The number of hydrogen-bond donors (Lipinski definition) is 0. The quantitative estimate of drug-likeness (QED) is 0.801. The van der Waals surface area contributed by atoms with Crippen LogP contribution in [0.1, 0.15) is 40.8 Å². The van der Waals surface area contributed by atoms with Gasteiger partial charge in [-0.3, -0.25) is 4.79 Å². The highest BCUT2D eigenvalue weighted by Gasteiger charge is 2.33. The van der Waals surface area contributed by atoms with Crippen LogP contribution in [0.2, 0.25) is 0 Å². The first-order valence-electron chi connectivity index (χ1n) is 8.72. The standard InChI is InChI=1S/C18H25N7O/c1-23(2)12-14-7-8-19-16(22-14)15-6-5-9-25(15)17(26)13-10-20-18(21-11-13)24(3)4/h7-8,10-11,15H,5-6,9,12H2,1-4H3/t15-/m1/s1. The van der Waals surface area contributed by atoms with Crippen LogP contribution in [0.15, 0.2) is 24.7 Å². The molecule has 8 nitrogen and oxygen atoms in total. The van der Waals surface area contributed by atoms with Gasteiger partial charge in [-0.2, -0.15) is 0 Å². The topological polar surface area (TPSA) is 78.4 Å². The van der Waals surface area contributed by atoms with Crippen molar-refractivity contribution in [2.24, 2.45) is 0 Å². The fourth-order valence-corrected chi connectivity index (χ4v) is 3.09. The zero-order chi connectivity index (χ0) is 18.7. The Morgan fingerprint density at radius 1 is 1.19 bits per heavy atom. The number of nitrogens with zero attached hydrogens (tertiary/aromatic N) is 7. The van der Waals surface area contributed by atoms with Crippen LogP contribution in [0.5, 0.6) is 0 Å². The summed E-state index contributed by atoms with van der Waals surface area (Å²) in [6.45, 7) is 1.44. The van der Waals surface area contributed by atoms with Gasteiger partial charge >= 0.3 is 0 Å². The maximum absolute atomic E-state index is 12.9. The van der Waals surface area contributed by atoms with Crippen LogP contribution < -0.4 is 4.90 Å². The van der Waals surface area contributed by atoms with Crippen LogP contribution in [-0.4, -0.2) is 70.4 Å². The zero-order valence-corrected chi connectivity index (χ0v) is 15.8. The molecule has 2 aromatic rings. The molecule has 1 atom stereocenters. The molecule has 0 aliphatic carbocycles. The first-order valence-corrected chi connectivity index (χ1v) is 8.72. The van der Waals surface area contributed by atoms with Crippen molar-refractivity contribution in [2.75, 3.05) is 39.6 Å². The van der Waals surface area contributed by atoms with Crippen molar-refractivity contribution in [3.05, 3.63) is 41.7 Å². The van der Waals surface area contributed by atoms with Crippen molar-refractivity contribution in [1.29, 1.82) is 0 Å². The molecule has 0 bridgehead atoms. The number of hydrogen-bond acceptors (Lipinski definition) is 7. The van der Waals surface area contributed by atoms with E-state index in [0.29, 0.717) is 23.9 Å². The van der Waals surface area contributed by atoms with Crippen molar-refractivity contribution in [3.8, 4) is 0 Å². The highest BCUT2D eigenvalue weighted by molar-refractivity contribution is 5.94. The molecule has 2 aromatic heterocycles. The molecule has 0 N–H and O–H groups in total. The van der Waals surface area contributed by atoms with E-state index >= 15 is 0 Å². The Labute approximate surface area is 153 Å².